The summed E-state index contributed by atoms with van der Waals surface area (Å²) >= 11 is 0. The second kappa shape index (κ2) is 9.70. The Bertz CT molecular complexity index is 1240. The van der Waals surface area contributed by atoms with E-state index in [-0.39, 0.29) is 30.7 Å². The minimum absolute atomic E-state index is 0.100. The SMILES string of the molecule is CC(=O)Nc1ccc(N2C(=O)CC(N(Cc3ccccc3)C(=O)c3ccccc3C)C2=O)cc1. The zero-order chi connectivity index (χ0) is 24.2. The molecule has 0 saturated carbocycles. The fourth-order valence-electron chi connectivity index (χ4n) is 4.10. The largest absolute Gasteiger partial charge is 0.326 e. The molecule has 34 heavy (non-hydrogen) atoms. The van der Waals surface area contributed by atoms with Gasteiger partial charge in [-0.05, 0) is 48.4 Å². The van der Waals surface area contributed by atoms with Crippen LogP contribution in [0.3, 0.4) is 0 Å². The highest BCUT2D eigenvalue weighted by Crippen LogP contribution is 2.29. The third-order valence-electron chi connectivity index (χ3n) is 5.78. The molecule has 1 saturated heterocycles. The summed E-state index contributed by atoms with van der Waals surface area (Å²) in [5.74, 6) is -1.34. The smallest absolute Gasteiger partial charge is 0.257 e. The van der Waals surface area contributed by atoms with Crippen molar-refractivity contribution in [2.24, 2.45) is 0 Å². The van der Waals surface area contributed by atoms with Gasteiger partial charge in [0.2, 0.25) is 11.8 Å². The van der Waals surface area contributed by atoms with Crippen molar-refractivity contribution in [3.8, 4) is 0 Å². The van der Waals surface area contributed by atoms with Gasteiger partial charge in [0.15, 0.2) is 0 Å². The van der Waals surface area contributed by atoms with Crippen LogP contribution in [-0.2, 0) is 20.9 Å². The molecule has 0 aliphatic carbocycles. The lowest BCUT2D eigenvalue weighted by molar-refractivity contribution is -0.122. The fraction of sp³-hybridized carbons (Fsp3) is 0.185. The monoisotopic (exact) mass is 455 g/mol. The van der Waals surface area contributed by atoms with Gasteiger partial charge in [0.25, 0.3) is 11.8 Å². The van der Waals surface area contributed by atoms with Gasteiger partial charge >= 0.3 is 0 Å². The molecule has 3 aromatic rings. The summed E-state index contributed by atoms with van der Waals surface area (Å²) in [4.78, 5) is 53.9. The number of anilines is 2. The summed E-state index contributed by atoms with van der Waals surface area (Å²) in [6.07, 6.45) is -0.100. The van der Waals surface area contributed by atoms with Crippen LogP contribution in [0.15, 0.2) is 78.9 Å². The highest BCUT2D eigenvalue weighted by Gasteiger charge is 2.44. The van der Waals surface area contributed by atoms with E-state index in [2.05, 4.69) is 5.32 Å². The van der Waals surface area contributed by atoms with E-state index in [1.807, 2.05) is 49.4 Å². The molecule has 1 N–H and O–H groups in total. The van der Waals surface area contributed by atoms with Crippen molar-refractivity contribution in [1.82, 2.24) is 4.90 Å². The van der Waals surface area contributed by atoms with Gasteiger partial charge in [0.05, 0.1) is 12.1 Å². The molecule has 4 amide bonds. The number of nitrogens with zero attached hydrogens (tertiary/aromatic N) is 2. The van der Waals surface area contributed by atoms with Crippen molar-refractivity contribution >= 4 is 35.0 Å². The molecule has 1 aliphatic rings. The van der Waals surface area contributed by atoms with E-state index in [4.69, 9.17) is 0 Å². The highest BCUT2D eigenvalue weighted by atomic mass is 16.2. The summed E-state index contributed by atoms with van der Waals surface area (Å²) in [6, 6.07) is 22.2. The summed E-state index contributed by atoms with van der Waals surface area (Å²) in [5.41, 5.74) is 3.12. The molecular formula is C27H25N3O4. The van der Waals surface area contributed by atoms with Crippen LogP contribution in [0.25, 0.3) is 0 Å². The van der Waals surface area contributed by atoms with Gasteiger partial charge in [-0.15, -0.1) is 0 Å². The van der Waals surface area contributed by atoms with E-state index in [1.54, 1.807) is 36.4 Å². The van der Waals surface area contributed by atoms with Gasteiger partial charge in [-0.25, -0.2) is 4.90 Å². The number of imide groups is 1. The number of nitrogens with one attached hydrogen (secondary N) is 1. The van der Waals surface area contributed by atoms with Gasteiger partial charge in [0.1, 0.15) is 6.04 Å². The van der Waals surface area contributed by atoms with Crippen LogP contribution in [0.2, 0.25) is 0 Å². The van der Waals surface area contributed by atoms with Crippen molar-refractivity contribution in [2.45, 2.75) is 32.9 Å². The maximum Gasteiger partial charge on any atom is 0.257 e. The lowest BCUT2D eigenvalue weighted by Gasteiger charge is -2.28. The first-order valence-electron chi connectivity index (χ1n) is 11.0. The molecule has 1 atom stereocenters. The van der Waals surface area contributed by atoms with E-state index in [0.29, 0.717) is 16.9 Å². The Labute approximate surface area is 198 Å². The van der Waals surface area contributed by atoms with Crippen LogP contribution >= 0.6 is 0 Å². The van der Waals surface area contributed by atoms with E-state index in [1.165, 1.54) is 11.8 Å². The number of amides is 4. The molecule has 3 aromatic carbocycles. The number of hydrogen-bond acceptors (Lipinski definition) is 4. The molecule has 7 nitrogen and oxygen atoms in total. The molecule has 0 bridgehead atoms. The van der Waals surface area contributed by atoms with Crippen LogP contribution in [0.5, 0.6) is 0 Å². The fourth-order valence-corrected chi connectivity index (χ4v) is 4.10. The van der Waals surface area contributed by atoms with E-state index >= 15 is 0 Å². The Hall–Kier alpha value is -4.26. The molecule has 7 heteroatoms. The quantitative estimate of drug-likeness (QED) is 0.571. The zero-order valence-corrected chi connectivity index (χ0v) is 19.0. The lowest BCUT2D eigenvalue weighted by atomic mass is 10.0. The standard InChI is InChI=1S/C27H25N3O4/c1-18-8-6-7-11-23(18)26(33)29(17-20-9-4-3-5-10-20)24-16-25(32)30(27(24)34)22-14-12-21(13-15-22)28-19(2)31/h3-15,24H,16-17H2,1-2H3,(H,28,31). The third kappa shape index (κ3) is 4.73. The number of carbonyl (C=O) groups is 4. The summed E-state index contributed by atoms with van der Waals surface area (Å²) in [6.45, 7) is 3.45. The third-order valence-corrected chi connectivity index (χ3v) is 5.78. The second-order valence-electron chi connectivity index (χ2n) is 8.25. The van der Waals surface area contributed by atoms with Crippen molar-refractivity contribution in [1.29, 1.82) is 0 Å². The molecule has 0 spiro atoms. The minimum atomic E-state index is -0.921. The Morgan fingerprint density at radius 2 is 1.59 bits per heavy atom. The average molecular weight is 456 g/mol. The molecule has 0 aromatic heterocycles. The Balaban J connectivity index is 1.65. The number of rotatable bonds is 6. The summed E-state index contributed by atoms with van der Waals surface area (Å²) < 4.78 is 0. The predicted octanol–water partition coefficient (Wildman–Crippen LogP) is 3.93. The van der Waals surface area contributed by atoms with Crippen LogP contribution in [0.4, 0.5) is 11.4 Å². The van der Waals surface area contributed by atoms with Crippen LogP contribution in [0.1, 0.15) is 34.8 Å². The van der Waals surface area contributed by atoms with Crippen molar-refractivity contribution in [3.05, 3.63) is 95.6 Å². The van der Waals surface area contributed by atoms with Gasteiger partial charge < -0.3 is 10.2 Å². The minimum Gasteiger partial charge on any atom is -0.326 e. The predicted molar refractivity (Wildman–Crippen MR) is 129 cm³/mol. The first-order valence-corrected chi connectivity index (χ1v) is 11.0. The Kier molecular flexibility index (Phi) is 6.54. The molecule has 172 valence electrons. The summed E-state index contributed by atoms with van der Waals surface area (Å²) in [7, 11) is 0. The van der Waals surface area contributed by atoms with E-state index in [9.17, 15) is 19.2 Å². The average Bonchev–Trinajstić information content (AvgIpc) is 3.12. The van der Waals surface area contributed by atoms with Crippen molar-refractivity contribution in [2.75, 3.05) is 10.2 Å². The van der Waals surface area contributed by atoms with Gasteiger partial charge in [-0.3, -0.25) is 19.2 Å². The molecule has 1 aliphatic heterocycles. The maximum absolute atomic E-state index is 13.6. The number of benzene rings is 3. The highest BCUT2D eigenvalue weighted by molar-refractivity contribution is 6.23. The van der Waals surface area contributed by atoms with Crippen molar-refractivity contribution < 1.29 is 19.2 Å². The Morgan fingerprint density at radius 1 is 0.941 bits per heavy atom. The van der Waals surface area contributed by atoms with E-state index in [0.717, 1.165) is 16.0 Å². The molecule has 4 rings (SSSR count). The normalized spacial score (nSPS) is 15.4. The second-order valence-corrected chi connectivity index (χ2v) is 8.25. The molecule has 1 fully saturated rings. The number of aryl methyl sites for hydroxylation is 1. The molecular weight excluding hydrogens is 430 g/mol. The molecule has 0 radical (unpaired) electrons. The first kappa shape index (κ1) is 22.9. The maximum atomic E-state index is 13.6. The lowest BCUT2D eigenvalue weighted by Crippen LogP contribution is -2.45. The van der Waals surface area contributed by atoms with Gasteiger partial charge in [-0.1, -0.05) is 48.5 Å². The van der Waals surface area contributed by atoms with Crippen LogP contribution < -0.4 is 10.2 Å². The molecule has 1 heterocycles. The van der Waals surface area contributed by atoms with Crippen molar-refractivity contribution in [3.63, 3.8) is 0 Å². The summed E-state index contributed by atoms with van der Waals surface area (Å²) in [5, 5.41) is 2.66. The van der Waals surface area contributed by atoms with Gasteiger partial charge in [0, 0.05) is 24.7 Å². The van der Waals surface area contributed by atoms with Crippen LogP contribution in [-0.4, -0.2) is 34.6 Å². The van der Waals surface area contributed by atoms with Gasteiger partial charge in [-0.2, -0.15) is 0 Å². The first-order chi connectivity index (χ1) is 16.3. The number of carbonyl (C=O) groups excluding carboxylic acids is 4. The number of hydrogen-bond donors (Lipinski definition) is 1. The van der Waals surface area contributed by atoms with Crippen LogP contribution in [0, 0.1) is 6.92 Å². The zero-order valence-electron chi connectivity index (χ0n) is 19.0. The Morgan fingerprint density at radius 3 is 2.24 bits per heavy atom. The molecule has 1 unspecified atom stereocenters. The van der Waals surface area contributed by atoms with E-state index < -0.39 is 11.9 Å². The topological polar surface area (TPSA) is 86.8 Å².